The zero-order valence-electron chi connectivity index (χ0n) is 12.7. The van der Waals surface area contributed by atoms with Crippen molar-refractivity contribution >= 4 is 29.2 Å². The minimum atomic E-state index is -0.415. The molecule has 0 aliphatic rings. The fourth-order valence-corrected chi connectivity index (χ4v) is 3.05. The third-order valence-electron chi connectivity index (χ3n) is 3.19. The second kappa shape index (κ2) is 7.66. The number of para-hydroxylation sites is 1. The first-order valence-corrected chi connectivity index (χ1v) is 8.18. The van der Waals surface area contributed by atoms with Gasteiger partial charge in [-0.1, -0.05) is 48.2 Å². The van der Waals surface area contributed by atoms with E-state index in [9.17, 15) is 9.18 Å². The van der Waals surface area contributed by atoms with Crippen LogP contribution in [0.4, 0.5) is 20.6 Å². The molecular weight excluding hydrogens is 323 g/mol. The van der Waals surface area contributed by atoms with Crippen molar-refractivity contribution in [2.24, 2.45) is 0 Å². The number of nitrogens with one attached hydrogen (secondary N) is 2. The largest absolute Gasteiger partial charge is 0.323 e. The molecule has 3 rings (SSSR count). The van der Waals surface area contributed by atoms with Crippen LogP contribution in [0.2, 0.25) is 0 Å². The number of amides is 2. The first-order chi connectivity index (χ1) is 11.7. The van der Waals surface area contributed by atoms with Crippen molar-refractivity contribution in [1.82, 2.24) is 0 Å². The second-order valence-corrected chi connectivity index (χ2v) is 6.12. The number of urea groups is 1. The van der Waals surface area contributed by atoms with Crippen LogP contribution in [-0.4, -0.2) is 6.03 Å². The maximum atomic E-state index is 13.2. The van der Waals surface area contributed by atoms with Crippen LogP contribution in [0.5, 0.6) is 0 Å². The van der Waals surface area contributed by atoms with E-state index in [-0.39, 0.29) is 0 Å². The van der Waals surface area contributed by atoms with Crippen molar-refractivity contribution in [1.29, 1.82) is 0 Å². The summed E-state index contributed by atoms with van der Waals surface area (Å²) in [5, 5.41) is 5.43. The molecule has 3 nitrogen and oxygen atoms in total. The number of hydrogen-bond acceptors (Lipinski definition) is 2. The van der Waals surface area contributed by atoms with Gasteiger partial charge in [0.2, 0.25) is 0 Å². The van der Waals surface area contributed by atoms with Crippen molar-refractivity contribution in [3.8, 4) is 0 Å². The summed E-state index contributed by atoms with van der Waals surface area (Å²) >= 11 is 1.56. The molecule has 24 heavy (non-hydrogen) atoms. The summed E-state index contributed by atoms with van der Waals surface area (Å²) in [4.78, 5) is 14.2. The summed E-state index contributed by atoms with van der Waals surface area (Å²) in [6.45, 7) is 0. The number of halogens is 1. The average molecular weight is 338 g/mol. The predicted octanol–water partition coefficient (Wildman–Crippen LogP) is 5.62. The van der Waals surface area contributed by atoms with E-state index >= 15 is 0 Å². The van der Waals surface area contributed by atoms with Crippen LogP contribution in [0.3, 0.4) is 0 Å². The maximum absolute atomic E-state index is 13.2. The lowest BCUT2D eigenvalue weighted by Crippen LogP contribution is -2.19. The van der Waals surface area contributed by atoms with E-state index in [1.807, 2.05) is 54.6 Å². The summed E-state index contributed by atoms with van der Waals surface area (Å²) in [6, 6.07) is 22.8. The number of rotatable bonds is 4. The van der Waals surface area contributed by atoms with Crippen LogP contribution in [-0.2, 0) is 0 Å². The minimum Gasteiger partial charge on any atom is -0.308 e. The SMILES string of the molecule is O=C(Nc1cccc(F)c1)Nc1ccccc1Sc1ccccc1. The number of benzene rings is 3. The van der Waals surface area contributed by atoms with Crippen LogP contribution in [0.25, 0.3) is 0 Å². The molecule has 0 aromatic heterocycles. The molecule has 3 aromatic rings. The summed E-state index contributed by atoms with van der Waals surface area (Å²) in [5.41, 5.74) is 1.10. The Hall–Kier alpha value is -2.79. The van der Waals surface area contributed by atoms with Gasteiger partial charge in [-0.2, -0.15) is 0 Å². The van der Waals surface area contributed by atoms with Gasteiger partial charge in [-0.3, -0.25) is 0 Å². The Bertz CT molecular complexity index is 840. The topological polar surface area (TPSA) is 41.1 Å². The maximum Gasteiger partial charge on any atom is 0.323 e. The molecule has 3 aromatic carbocycles. The summed E-state index contributed by atoms with van der Waals surface area (Å²) in [5.74, 6) is -0.396. The Morgan fingerprint density at radius 3 is 2.38 bits per heavy atom. The summed E-state index contributed by atoms with van der Waals surface area (Å²) in [7, 11) is 0. The predicted molar refractivity (Wildman–Crippen MR) is 96.0 cm³/mol. The Balaban J connectivity index is 1.72. The van der Waals surface area contributed by atoms with Crippen molar-refractivity contribution < 1.29 is 9.18 Å². The minimum absolute atomic E-state index is 0.396. The number of carbonyl (C=O) groups is 1. The van der Waals surface area contributed by atoms with E-state index in [4.69, 9.17) is 0 Å². The fourth-order valence-electron chi connectivity index (χ4n) is 2.13. The van der Waals surface area contributed by atoms with Gasteiger partial charge >= 0.3 is 6.03 Å². The summed E-state index contributed by atoms with van der Waals surface area (Å²) in [6.07, 6.45) is 0. The second-order valence-electron chi connectivity index (χ2n) is 5.00. The number of hydrogen-bond donors (Lipinski definition) is 2. The lowest BCUT2D eigenvalue weighted by molar-refractivity contribution is 0.262. The molecule has 0 bridgehead atoms. The fraction of sp³-hybridized carbons (Fsp3) is 0. The van der Waals surface area contributed by atoms with E-state index in [0.717, 1.165) is 9.79 Å². The van der Waals surface area contributed by atoms with E-state index in [1.165, 1.54) is 12.1 Å². The first-order valence-electron chi connectivity index (χ1n) is 7.36. The molecule has 2 N–H and O–H groups in total. The molecule has 0 unspecified atom stereocenters. The van der Waals surface area contributed by atoms with Gasteiger partial charge in [0.1, 0.15) is 5.82 Å². The molecule has 0 aliphatic carbocycles. The van der Waals surface area contributed by atoms with E-state index in [1.54, 1.807) is 23.9 Å². The average Bonchev–Trinajstić information content (AvgIpc) is 2.57. The quantitative estimate of drug-likeness (QED) is 0.648. The van der Waals surface area contributed by atoms with Gasteiger partial charge in [0, 0.05) is 15.5 Å². The number of carbonyl (C=O) groups excluding carboxylic acids is 1. The van der Waals surface area contributed by atoms with Crippen LogP contribution in [0.15, 0.2) is 88.7 Å². The zero-order chi connectivity index (χ0) is 16.8. The van der Waals surface area contributed by atoms with Crippen LogP contribution < -0.4 is 10.6 Å². The Kier molecular flexibility index (Phi) is 5.13. The molecule has 5 heteroatoms. The lowest BCUT2D eigenvalue weighted by Gasteiger charge is -2.11. The van der Waals surface area contributed by atoms with Gasteiger partial charge in [-0.15, -0.1) is 0 Å². The molecule has 0 heterocycles. The van der Waals surface area contributed by atoms with Gasteiger partial charge in [-0.05, 0) is 42.5 Å². The van der Waals surface area contributed by atoms with Crippen LogP contribution in [0, 0.1) is 5.82 Å². The standard InChI is InChI=1S/C19H15FN2OS/c20-14-7-6-8-15(13-14)21-19(23)22-17-11-4-5-12-18(17)24-16-9-2-1-3-10-16/h1-13H,(H2,21,22,23). The van der Waals surface area contributed by atoms with Gasteiger partial charge < -0.3 is 10.6 Å². The molecule has 0 fully saturated rings. The third kappa shape index (κ3) is 4.36. The highest BCUT2D eigenvalue weighted by atomic mass is 32.2. The number of anilines is 2. The first kappa shape index (κ1) is 16.1. The van der Waals surface area contributed by atoms with Crippen molar-refractivity contribution in [3.63, 3.8) is 0 Å². The molecule has 0 radical (unpaired) electrons. The van der Waals surface area contributed by atoms with Crippen LogP contribution in [0.1, 0.15) is 0 Å². The highest BCUT2D eigenvalue weighted by molar-refractivity contribution is 7.99. The van der Waals surface area contributed by atoms with E-state index < -0.39 is 11.8 Å². The highest BCUT2D eigenvalue weighted by Gasteiger charge is 2.08. The molecule has 2 amide bonds. The molecule has 120 valence electrons. The third-order valence-corrected chi connectivity index (χ3v) is 4.27. The van der Waals surface area contributed by atoms with Crippen molar-refractivity contribution in [2.75, 3.05) is 10.6 Å². The van der Waals surface area contributed by atoms with Gasteiger partial charge in [0.05, 0.1) is 5.69 Å². The Labute approximate surface area is 143 Å². The van der Waals surface area contributed by atoms with Gasteiger partial charge in [0.25, 0.3) is 0 Å². The Morgan fingerprint density at radius 1 is 0.833 bits per heavy atom. The highest BCUT2D eigenvalue weighted by Crippen LogP contribution is 2.33. The molecule has 0 atom stereocenters. The molecular formula is C19H15FN2OS. The summed E-state index contributed by atoms with van der Waals surface area (Å²) < 4.78 is 13.2. The van der Waals surface area contributed by atoms with Gasteiger partial charge in [0.15, 0.2) is 0 Å². The molecule has 0 spiro atoms. The van der Waals surface area contributed by atoms with Crippen molar-refractivity contribution in [2.45, 2.75) is 9.79 Å². The van der Waals surface area contributed by atoms with Crippen molar-refractivity contribution in [3.05, 3.63) is 84.7 Å². The Morgan fingerprint density at radius 2 is 1.58 bits per heavy atom. The van der Waals surface area contributed by atoms with E-state index in [2.05, 4.69) is 10.6 Å². The van der Waals surface area contributed by atoms with E-state index in [0.29, 0.717) is 11.4 Å². The smallest absolute Gasteiger partial charge is 0.308 e. The molecule has 0 saturated carbocycles. The van der Waals surface area contributed by atoms with Crippen LogP contribution >= 0.6 is 11.8 Å². The normalized spacial score (nSPS) is 10.2. The molecule has 0 saturated heterocycles. The monoisotopic (exact) mass is 338 g/mol. The lowest BCUT2D eigenvalue weighted by atomic mass is 10.3. The van der Waals surface area contributed by atoms with Gasteiger partial charge in [-0.25, -0.2) is 9.18 Å². The zero-order valence-corrected chi connectivity index (χ0v) is 13.5. The molecule has 0 aliphatic heterocycles.